The Morgan fingerprint density at radius 3 is 3.12 bits per heavy atom. The van der Waals surface area contributed by atoms with Gasteiger partial charge in [-0.1, -0.05) is 0 Å². The predicted molar refractivity (Wildman–Crippen MR) is 64.1 cm³/mol. The summed E-state index contributed by atoms with van der Waals surface area (Å²) in [7, 11) is 0. The number of hydrogen-bond acceptors (Lipinski definition) is 3. The van der Waals surface area contributed by atoms with Gasteiger partial charge in [-0.3, -0.25) is 0 Å². The molecule has 2 unspecified atom stereocenters. The first-order valence-electron chi connectivity index (χ1n) is 6.64. The van der Waals surface area contributed by atoms with Crippen molar-refractivity contribution in [3.63, 3.8) is 0 Å². The smallest absolute Gasteiger partial charge is 0.114 e. The van der Waals surface area contributed by atoms with E-state index in [0.717, 1.165) is 39.0 Å². The van der Waals surface area contributed by atoms with Crippen LogP contribution < -0.4 is 0 Å². The molecule has 4 heteroatoms. The average Bonchev–Trinajstić information content (AvgIpc) is 2.83. The van der Waals surface area contributed by atoms with Crippen LogP contribution in [0.1, 0.15) is 49.0 Å². The number of aliphatic hydroxyl groups excluding tert-OH is 1. The fraction of sp³-hybridized carbons (Fsp3) is 0.769. The number of fused-ring (bicyclic) bond motifs is 1. The minimum absolute atomic E-state index is 0.242. The van der Waals surface area contributed by atoms with Crippen LogP contribution in [0.15, 0.2) is 6.20 Å². The van der Waals surface area contributed by atoms with E-state index in [4.69, 9.17) is 4.74 Å². The van der Waals surface area contributed by atoms with Crippen molar-refractivity contribution in [1.29, 1.82) is 0 Å². The zero-order valence-electron chi connectivity index (χ0n) is 10.1. The van der Waals surface area contributed by atoms with Crippen molar-refractivity contribution in [2.45, 2.75) is 44.1 Å². The molecule has 1 aromatic rings. The largest absolute Gasteiger partial charge is 0.396 e. The first-order valence-corrected chi connectivity index (χ1v) is 6.64. The van der Waals surface area contributed by atoms with Crippen molar-refractivity contribution in [3.8, 4) is 0 Å². The minimum atomic E-state index is 0.242. The van der Waals surface area contributed by atoms with E-state index in [0.29, 0.717) is 5.92 Å². The molecule has 0 saturated carbocycles. The molecule has 0 aromatic carbocycles. The molecular formula is C13H20N2O2. The monoisotopic (exact) mass is 236 g/mol. The van der Waals surface area contributed by atoms with Gasteiger partial charge < -0.3 is 14.4 Å². The molecule has 94 valence electrons. The standard InChI is InChI=1S/C13H20N2O2/c16-8-10-3-1-5-15-12(10)7-14-13(15)11-4-2-6-17-9-11/h7,10-11,16H,1-6,8-9H2. The summed E-state index contributed by atoms with van der Waals surface area (Å²) in [6.07, 6.45) is 6.51. The summed E-state index contributed by atoms with van der Waals surface area (Å²) < 4.78 is 7.87. The highest BCUT2D eigenvalue weighted by molar-refractivity contribution is 5.16. The number of rotatable bonds is 2. The SMILES string of the molecule is OCC1CCCn2c1cnc2C1CCCOC1. The zero-order valence-corrected chi connectivity index (χ0v) is 10.1. The Kier molecular flexibility index (Phi) is 3.16. The third kappa shape index (κ3) is 2.00. The topological polar surface area (TPSA) is 47.3 Å². The molecule has 1 fully saturated rings. The van der Waals surface area contributed by atoms with Crippen LogP contribution in [0.5, 0.6) is 0 Å². The van der Waals surface area contributed by atoms with Gasteiger partial charge in [-0.2, -0.15) is 0 Å². The summed E-state index contributed by atoms with van der Waals surface area (Å²) in [4.78, 5) is 4.59. The van der Waals surface area contributed by atoms with E-state index >= 15 is 0 Å². The summed E-state index contributed by atoms with van der Waals surface area (Å²) in [6.45, 7) is 2.99. The van der Waals surface area contributed by atoms with Crippen molar-refractivity contribution >= 4 is 0 Å². The third-order valence-electron chi connectivity index (χ3n) is 4.02. The molecule has 1 aromatic heterocycles. The molecule has 17 heavy (non-hydrogen) atoms. The van der Waals surface area contributed by atoms with Crippen LogP contribution in [-0.2, 0) is 11.3 Å². The van der Waals surface area contributed by atoms with Gasteiger partial charge in [-0.05, 0) is 25.7 Å². The Morgan fingerprint density at radius 1 is 1.41 bits per heavy atom. The first-order chi connectivity index (χ1) is 8.40. The van der Waals surface area contributed by atoms with E-state index in [9.17, 15) is 5.11 Å². The molecule has 2 aliphatic rings. The Labute approximate surface area is 102 Å². The summed E-state index contributed by atoms with van der Waals surface area (Å²) in [5, 5.41) is 9.39. The van der Waals surface area contributed by atoms with Crippen LogP contribution in [0, 0.1) is 0 Å². The van der Waals surface area contributed by atoms with Gasteiger partial charge >= 0.3 is 0 Å². The molecule has 0 radical (unpaired) electrons. The molecule has 0 bridgehead atoms. The molecule has 2 atom stereocenters. The fourth-order valence-electron chi connectivity index (χ4n) is 3.07. The lowest BCUT2D eigenvalue weighted by Gasteiger charge is -2.27. The molecule has 0 amide bonds. The molecule has 4 nitrogen and oxygen atoms in total. The van der Waals surface area contributed by atoms with Gasteiger partial charge in [0.05, 0.1) is 13.2 Å². The van der Waals surface area contributed by atoms with Gasteiger partial charge in [0.1, 0.15) is 5.82 Å². The van der Waals surface area contributed by atoms with E-state index in [1.807, 2.05) is 6.20 Å². The molecule has 2 aliphatic heterocycles. The zero-order chi connectivity index (χ0) is 11.7. The highest BCUT2D eigenvalue weighted by Gasteiger charge is 2.27. The molecule has 0 aliphatic carbocycles. The van der Waals surface area contributed by atoms with Crippen LogP contribution in [0.4, 0.5) is 0 Å². The molecular weight excluding hydrogens is 216 g/mol. The maximum atomic E-state index is 9.39. The van der Waals surface area contributed by atoms with E-state index in [2.05, 4.69) is 9.55 Å². The number of ether oxygens (including phenoxy) is 1. The van der Waals surface area contributed by atoms with Gasteiger partial charge in [0.2, 0.25) is 0 Å². The first kappa shape index (κ1) is 11.2. The lowest BCUT2D eigenvalue weighted by Crippen LogP contribution is -2.23. The number of imidazole rings is 1. The average molecular weight is 236 g/mol. The Morgan fingerprint density at radius 2 is 2.35 bits per heavy atom. The molecule has 0 spiro atoms. The Hall–Kier alpha value is -0.870. The number of aliphatic hydroxyl groups is 1. The van der Waals surface area contributed by atoms with E-state index < -0.39 is 0 Å². The molecule has 1 saturated heterocycles. The molecule has 1 N–H and O–H groups in total. The second-order valence-electron chi connectivity index (χ2n) is 5.13. The van der Waals surface area contributed by atoms with Crippen LogP contribution in [0.25, 0.3) is 0 Å². The van der Waals surface area contributed by atoms with Crippen molar-refractivity contribution in [3.05, 3.63) is 17.7 Å². The quantitative estimate of drug-likeness (QED) is 0.849. The summed E-state index contributed by atoms with van der Waals surface area (Å²) in [6, 6.07) is 0. The van der Waals surface area contributed by atoms with Crippen LogP contribution in [-0.4, -0.2) is 34.5 Å². The van der Waals surface area contributed by atoms with Gasteiger partial charge in [0.25, 0.3) is 0 Å². The number of hydrogen-bond donors (Lipinski definition) is 1. The van der Waals surface area contributed by atoms with Crippen molar-refractivity contribution in [1.82, 2.24) is 9.55 Å². The third-order valence-corrected chi connectivity index (χ3v) is 4.02. The van der Waals surface area contributed by atoms with Crippen LogP contribution >= 0.6 is 0 Å². The fourth-order valence-corrected chi connectivity index (χ4v) is 3.07. The van der Waals surface area contributed by atoms with Gasteiger partial charge in [-0.15, -0.1) is 0 Å². The molecule has 3 rings (SSSR count). The van der Waals surface area contributed by atoms with E-state index in [-0.39, 0.29) is 12.5 Å². The Balaban J connectivity index is 1.88. The van der Waals surface area contributed by atoms with Crippen molar-refractivity contribution in [2.24, 2.45) is 0 Å². The summed E-state index contributed by atoms with van der Waals surface area (Å²) >= 11 is 0. The second-order valence-corrected chi connectivity index (χ2v) is 5.13. The summed E-state index contributed by atoms with van der Waals surface area (Å²) in [5.74, 6) is 1.92. The van der Waals surface area contributed by atoms with Gasteiger partial charge in [0, 0.05) is 36.9 Å². The van der Waals surface area contributed by atoms with Crippen molar-refractivity contribution in [2.75, 3.05) is 19.8 Å². The molecule has 3 heterocycles. The highest BCUT2D eigenvalue weighted by Crippen LogP contribution is 2.32. The second kappa shape index (κ2) is 4.78. The maximum Gasteiger partial charge on any atom is 0.114 e. The number of nitrogens with zero attached hydrogens (tertiary/aromatic N) is 2. The Bertz CT molecular complexity index is 383. The van der Waals surface area contributed by atoms with E-state index in [1.54, 1.807) is 0 Å². The summed E-state index contributed by atoms with van der Waals surface area (Å²) in [5.41, 5.74) is 1.22. The maximum absolute atomic E-state index is 9.39. The number of aromatic nitrogens is 2. The van der Waals surface area contributed by atoms with Crippen molar-refractivity contribution < 1.29 is 9.84 Å². The van der Waals surface area contributed by atoms with Crippen LogP contribution in [0.2, 0.25) is 0 Å². The predicted octanol–water partition coefficient (Wildman–Crippen LogP) is 1.65. The van der Waals surface area contributed by atoms with Gasteiger partial charge in [0.15, 0.2) is 0 Å². The van der Waals surface area contributed by atoms with E-state index in [1.165, 1.54) is 17.9 Å². The minimum Gasteiger partial charge on any atom is -0.396 e. The normalized spacial score (nSPS) is 29.0. The lowest BCUT2D eigenvalue weighted by molar-refractivity contribution is 0.0766. The lowest BCUT2D eigenvalue weighted by atomic mass is 9.96. The van der Waals surface area contributed by atoms with Gasteiger partial charge in [-0.25, -0.2) is 4.98 Å². The van der Waals surface area contributed by atoms with Crippen LogP contribution in [0.3, 0.4) is 0 Å². The highest BCUT2D eigenvalue weighted by atomic mass is 16.5.